The SMILES string of the molecule is CC(C(N)=NO)N(C)CC1CCC2(CCCCC2)O1. The molecule has 5 heteroatoms. The van der Waals surface area contributed by atoms with Gasteiger partial charge in [0.05, 0.1) is 17.7 Å². The molecule has 3 N–H and O–H groups in total. The normalized spacial score (nSPS) is 29.0. The fraction of sp³-hybridized carbons (Fsp3) is 0.929. The lowest BCUT2D eigenvalue weighted by molar-refractivity contribution is -0.0709. The zero-order valence-corrected chi connectivity index (χ0v) is 12.1. The minimum atomic E-state index is -0.0588. The third-order valence-electron chi connectivity index (χ3n) is 4.80. The summed E-state index contributed by atoms with van der Waals surface area (Å²) in [5, 5.41) is 11.8. The second-order valence-electron chi connectivity index (χ2n) is 6.16. The maximum Gasteiger partial charge on any atom is 0.156 e. The molecule has 2 fully saturated rings. The Bertz CT molecular complexity index is 327. The minimum Gasteiger partial charge on any atom is -0.409 e. The third-order valence-corrected chi connectivity index (χ3v) is 4.80. The topological polar surface area (TPSA) is 71.1 Å². The molecule has 2 unspecified atom stereocenters. The van der Waals surface area contributed by atoms with Gasteiger partial charge in [-0.05, 0) is 39.7 Å². The molecule has 0 aromatic carbocycles. The Balaban J connectivity index is 1.84. The van der Waals surface area contributed by atoms with E-state index in [4.69, 9.17) is 15.7 Å². The van der Waals surface area contributed by atoms with Crippen LogP contribution < -0.4 is 5.73 Å². The highest BCUT2D eigenvalue weighted by Gasteiger charge is 2.41. The smallest absolute Gasteiger partial charge is 0.156 e. The molecule has 1 spiro atoms. The zero-order valence-electron chi connectivity index (χ0n) is 12.1. The Labute approximate surface area is 115 Å². The number of likely N-dealkylation sites (N-methyl/N-ethyl adjacent to an activating group) is 1. The van der Waals surface area contributed by atoms with Gasteiger partial charge >= 0.3 is 0 Å². The molecule has 0 bridgehead atoms. The average Bonchev–Trinajstić information content (AvgIpc) is 2.80. The average molecular weight is 269 g/mol. The van der Waals surface area contributed by atoms with Gasteiger partial charge in [-0.15, -0.1) is 0 Å². The molecule has 0 radical (unpaired) electrons. The monoisotopic (exact) mass is 269 g/mol. The minimum absolute atomic E-state index is 0.0588. The number of hydrogen-bond donors (Lipinski definition) is 2. The van der Waals surface area contributed by atoms with Crippen molar-refractivity contribution in [3.63, 3.8) is 0 Å². The molecule has 1 saturated carbocycles. The molecule has 2 atom stereocenters. The van der Waals surface area contributed by atoms with Crippen molar-refractivity contribution in [2.75, 3.05) is 13.6 Å². The lowest BCUT2D eigenvalue weighted by Crippen LogP contribution is -2.44. The highest BCUT2D eigenvalue weighted by Crippen LogP contribution is 2.41. The van der Waals surface area contributed by atoms with Crippen molar-refractivity contribution in [2.45, 2.75) is 69.6 Å². The number of oxime groups is 1. The summed E-state index contributed by atoms with van der Waals surface area (Å²) in [6.07, 6.45) is 9.04. The Morgan fingerprint density at radius 3 is 2.74 bits per heavy atom. The van der Waals surface area contributed by atoms with Crippen molar-refractivity contribution in [1.29, 1.82) is 0 Å². The number of rotatable bonds is 4. The molecular formula is C14H27N3O2. The fourth-order valence-corrected chi connectivity index (χ4v) is 3.38. The van der Waals surface area contributed by atoms with Gasteiger partial charge < -0.3 is 15.7 Å². The Kier molecular flexibility index (Phi) is 4.68. The van der Waals surface area contributed by atoms with Gasteiger partial charge in [0.2, 0.25) is 0 Å². The van der Waals surface area contributed by atoms with E-state index in [1.54, 1.807) is 0 Å². The molecule has 2 rings (SSSR count). The molecule has 5 nitrogen and oxygen atoms in total. The largest absolute Gasteiger partial charge is 0.409 e. The number of hydrogen-bond acceptors (Lipinski definition) is 4. The van der Waals surface area contributed by atoms with Gasteiger partial charge in [-0.25, -0.2) is 0 Å². The molecular weight excluding hydrogens is 242 g/mol. The lowest BCUT2D eigenvalue weighted by atomic mass is 9.83. The van der Waals surface area contributed by atoms with Crippen LogP contribution in [0.3, 0.4) is 0 Å². The summed E-state index contributed by atoms with van der Waals surface area (Å²) in [7, 11) is 2.00. The highest BCUT2D eigenvalue weighted by molar-refractivity contribution is 5.84. The molecule has 0 aromatic heterocycles. The van der Waals surface area contributed by atoms with Crippen LogP contribution in [-0.2, 0) is 4.74 Å². The summed E-state index contributed by atoms with van der Waals surface area (Å²) in [5.41, 5.74) is 5.82. The van der Waals surface area contributed by atoms with Crippen LogP contribution in [0.15, 0.2) is 5.16 Å². The first kappa shape index (κ1) is 14.6. The molecule has 0 amide bonds. The number of amidine groups is 1. The van der Waals surface area contributed by atoms with E-state index in [2.05, 4.69) is 10.1 Å². The van der Waals surface area contributed by atoms with Crippen molar-refractivity contribution in [3.05, 3.63) is 0 Å². The van der Waals surface area contributed by atoms with Gasteiger partial charge in [-0.2, -0.15) is 0 Å². The fourth-order valence-electron chi connectivity index (χ4n) is 3.38. The summed E-state index contributed by atoms with van der Waals surface area (Å²) in [4.78, 5) is 2.10. The van der Waals surface area contributed by atoms with Crippen LogP contribution in [0.2, 0.25) is 0 Å². The van der Waals surface area contributed by atoms with Crippen LogP contribution in [0.5, 0.6) is 0 Å². The van der Waals surface area contributed by atoms with Crippen LogP contribution in [-0.4, -0.2) is 47.3 Å². The van der Waals surface area contributed by atoms with Gasteiger partial charge in [-0.1, -0.05) is 24.4 Å². The second-order valence-corrected chi connectivity index (χ2v) is 6.16. The van der Waals surface area contributed by atoms with E-state index in [1.807, 2.05) is 14.0 Å². The van der Waals surface area contributed by atoms with Crippen LogP contribution in [0.1, 0.15) is 51.9 Å². The maximum absolute atomic E-state index is 8.72. The molecule has 110 valence electrons. The molecule has 2 aliphatic rings. The van der Waals surface area contributed by atoms with E-state index in [0.717, 1.165) is 13.0 Å². The Hall–Kier alpha value is -0.810. The van der Waals surface area contributed by atoms with Crippen molar-refractivity contribution in [1.82, 2.24) is 4.90 Å². The molecule has 0 aromatic rings. The third kappa shape index (κ3) is 3.39. The van der Waals surface area contributed by atoms with Gasteiger partial charge in [0.15, 0.2) is 5.84 Å². The van der Waals surface area contributed by atoms with Crippen molar-refractivity contribution in [2.24, 2.45) is 10.9 Å². The predicted octanol–water partition coefficient (Wildman–Crippen LogP) is 1.93. The first-order chi connectivity index (χ1) is 9.06. The quantitative estimate of drug-likeness (QED) is 0.354. The van der Waals surface area contributed by atoms with Gasteiger partial charge in [0.1, 0.15) is 0 Å². The molecule has 1 aliphatic heterocycles. The van der Waals surface area contributed by atoms with Gasteiger partial charge in [0, 0.05) is 6.54 Å². The van der Waals surface area contributed by atoms with E-state index in [9.17, 15) is 0 Å². The number of ether oxygens (including phenoxy) is 1. The second kappa shape index (κ2) is 6.09. The van der Waals surface area contributed by atoms with E-state index < -0.39 is 0 Å². The maximum atomic E-state index is 8.72. The van der Waals surface area contributed by atoms with E-state index in [1.165, 1.54) is 38.5 Å². The standard InChI is InChI=1S/C14H27N3O2/c1-11(13(15)16-18)17(2)10-12-6-9-14(19-12)7-4-3-5-8-14/h11-12,18H,3-10H2,1-2H3,(H2,15,16). The zero-order chi connectivity index (χ0) is 13.9. The first-order valence-electron chi connectivity index (χ1n) is 7.42. The molecule has 19 heavy (non-hydrogen) atoms. The van der Waals surface area contributed by atoms with Crippen molar-refractivity contribution in [3.8, 4) is 0 Å². The molecule has 1 heterocycles. The van der Waals surface area contributed by atoms with Crippen LogP contribution >= 0.6 is 0 Å². The molecule has 1 saturated heterocycles. The van der Waals surface area contributed by atoms with Gasteiger partial charge in [-0.3, -0.25) is 4.90 Å². The number of nitrogens with two attached hydrogens (primary N) is 1. The molecule has 1 aliphatic carbocycles. The van der Waals surface area contributed by atoms with Crippen molar-refractivity contribution >= 4 is 5.84 Å². The summed E-state index contributed by atoms with van der Waals surface area (Å²) < 4.78 is 6.34. The van der Waals surface area contributed by atoms with Crippen LogP contribution in [0.4, 0.5) is 0 Å². The van der Waals surface area contributed by atoms with E-state index in [0.29, 0.717) is 0 Å². The summed E-state index contributed by atoms with van der Waals surface area (Å²) >= 11 is 0. The lowest BCUT2D eigenvalue weighted by Gasteiger charge is -2.34. The van der Waals surface area contributed by atoms with E-state index in [-0.39, 0.29) is 23.6 Å². The summed E-state index contributed by atoms with van der Waals surface area (Å²) in [6, 6.07) is -0.0588. The summed E-state index contributed by atoms with van der Waals surface area (Å²) in [5.74, 6) is 0.257. The summed E-state index contributed by atoms with van der Waals surface area (Å²) in [6.45, 7) is 2.79. The first-order valence-corrected chi connectivity index (χ1v) is 7.42. The Morgan fingerprint density at radius 2 is 2.11 bits per heavy atom. The van der Waals surface area contributed by atoms with Crippen molar-refractivity contribution < 1.29 is 9.94 Å². The predicted molar refractivity (Wildman–Crippen MR) is 75.4 cm³/mol. The number of nitrogens with zero attached hydrogens (tertiary/aromatic N) is 2. The van der Waals surface area contributed by atoms with Crippen LogP contribution in [0, 0.1) is 0 Å². The van der Waals surface area contributed by atoms with Crippen LogP contribution in [0.25, 0.3) is 0 Å². The Morgan fingerprint density at radius 1 is 1.42 bits per heavy atom. The van der Waals surface area contributed by atoms with Gasteiger partial charge in [0.25, 0.3) is 0 Å². The highest BCUT2D eigenvalue weighted by atomic mass is 16.5. The van der Waals surface area contributed by atoms with E-state index >= 15 is 0 Å².